The van der Waals surface area contributed by atoms with Crippen LogP contribution in [-0.2, 0) is 0 Å². The molecule has 1 aromatic heterocycles. The van der Waals surface area contributed by atoms with Gasteiger partial charge in [-0.05, 0) is 25.3 Å². The summed E-state index contributed by atoms with van der Waals surface area (Å²) in [5, 5.41) is 2.17. The number of rotatable bonds is 3. The van der Waals surface area contributed by atoms with E-state index in [1.807, 2.05) is 56.3 Å². The van der Waals surface area contributed by atoms with Crippen LogP contribution in [0.25, 0.3) is 10.8 Å². The molecule has 3 rings (SSSR count). The molecule has 0 aliphatic carbocycles. The van der Waals surface area contributed by atoms with E-state index in [1.165, 1.54) is 6.20 Å². The molecule has 22 heavy (non-hydrogen) atoms. The Morgan fingerprint density at radius 1 is 1.05 bits per heavy atom. The first-order valence-electron chi connectivity index (χ1n) is 7.29. The summed E-state index contributed by atoms with van der Waals surface area (Å²) in [6.07, 6.45) is 3.15. The first-order chi connectivity index (χ1) is 10.7. The van der Waals surface area contributed by atoms with Gasteiger partial charge in [0, 0.05) is 18.1 Å². The third kappa shape index (κ3) is 2.55. The lowest BCUT2D eigenvalue weighted by Gasteiger charge is -2.22. The van der Waals surface area contributed by atoms with E-state index in [0.29, 0.717) is 12.2 Å². The highest BCUT2D eigenvalue weighted by Crippen LogP contribution is 2.27. The lowest BCUT2D eigenvalue weighted by Crippen LogP contribution is -2.31. The van der Waals surface area contributed by atoms with Gasteiger partial charge in [0.1, 0.15) is 5.69 Å². The predicted molar refractivity (Wildman–Crippen MR) is 88.1 cm³/mol. The van der Waals surface area contributed by atoms with Crippen LogP contribution in [0.3, 0.4) is 0 Å². The average molecular weight is 291 g/mol. The lowest BCUT2D eigenvalue weighted by atomic mass is 10.1. The summed E-state index contributed by atoms with van der Waals surface area (Å²) < 4.78 is 0. The highest BCUT2D eigenvalue weighted by Gasteiger charge is 2.19. The van der Waals surface area contributed by atoms with Crippen molar-refractivity contribution in [2.45, 2.75) is 13.8 Å². The first-order valence-corrected chi connectivity index (χ1v) is 7.29. The van der Waals surface area contributed by atoms with Crippen LogP contribution in [0.15, 0.2) is 54.9 Å². The van der Waals surface area contributed by atoms with Crippen LogP contribution in [0.1, 0.15) is 23.1 Å². The van der Waals surface area contributed by atoms with Gasteiger partial charge in [0.25, 0.3) is 5.91 Å². The largest absolute Gasteiger partial charge is 0.307 e. The molecule has 110 valence electrons. The molecule has 4 nitrogen and oxygen atoms in total. The number of hydrogen-bond acceptors (Lipinski definition) is 3. The van der Waals surface area contributed by atoms with Gasteiger partial charge >= 0.3 is 0 Å². The highest BCUT2D eigenvalue weighted by molar-refractivity contribution is 6.09. The molecule has 0 saturated carbocycles. The summed E-state index contributed by atoms with van der Waals surface area (Å²) in [6.45, 7) is 4.38. The Hall–Kier alpha value is -2.75. The number of hydrogen-bond donors (Lipinski definition) is 0. The third-order valence-electron chi connectivity index (χ3n) is 3.62. The Bertz CT molecular complexity index is 807. The Kier molecular flexibility index (Phi) is 3.83. The number of aromatic nitrogens is 2. The van der Waals surface area contributed by atoms with E-state index in [1.54, 1.807) is 11.1 Å². The zero-order valence-corrected chi connectivity index (χ0v) is 12.7. The minimum Gasteiger partial charge on any atom is -0.307 e. The van der Waals surface area contributed by atoms with E-state index in [9.17, 15) is 4.79 Å². The molecule has 0 atom stereocenters. The standard InChI is InChI=1S/C18H17N3O/c1-3-21(18(22)16-12-19-13(2)11-20-16)17-10-6-8-14-7-4-5-9-15(14)17/h4-12H,3H2,1-2H3. The Morgan fingerprint density at radius 2 is 1.82 bits per heavy atom. The first kappa shape index (κ1) is 14.2. The van der Waals surface area contributed by atoms with Crippen molar-refractivity contribution < 1.29 is 4.79 Å². The van der Waals surface area contributed by atoms with Gasteiger partial charge in [-0.2, -0.15) is 0 Å². The van der Waals surface area contributed by atoms with Crippen molar-refractivity contribution in [2.75, 3.05) is 11.4 Å². The maximum atomic E-state index is 12.8. The van der Waals surface area contributed by atoms with E-state index in [-0.39, 0.29) is 5.91 Å². The second-order valence-electron chi connectivity index (χ2n) is 5.09. The predicted octanol–water partition coefficient (Wildman–Crippen LogP) is 3.60. The average Bonchev–Trinajstić information content (AvgIpc) is 2.56. The van der Waals surface area contributed by atoms with Gasteiger partial charge < -0.3 is 4.90 Å². The number of benzene rings is 2. The fourth-order valence-corrected chi connectivity index (χ4v) is 2.51. The maximum absolute atomic E-state index is 12.8. The summed E-state index contributed by atoms with van der Waals surface area (Å²) in [5.41, 5.74) is 2.05. The van der Waals surface area contributed by atoms with Crippen LogP contribution in [0.2, 0.25) is 0 Å². The lowest BCUT2D eigenvalue weighted by molar-refractivity contribution is 0.0983. The number of carbonyl (C=O) groups excluding carboxylic acids is 1. The maximum Gasteiger partial charge on any atom is 0.278 e. The minimum atomic E-state index is -0.133. The van der Waals surface area contributed by atoms with Gasteiger partial charge in [-0.3, -0.25) is 9.78 Å². The molecule has 0 unspecified atom stereocenters. The molecule has 2 aromatic carbocycles. The molecular formula is C18H17N3O. The van der Waals surface area contributed by atoms with Crippen molar-refractivity contribution in [3.05, 3.63) is 66.2 Å². The van der Waals surface area contributed by atoms with Crippen LogP contribution in [0.4, 0.5) is 5.69 Å². The Morgan fingerprint density at radius 3 is 2.55 bits per heavy atom. The number of anilines is 1. The zero-order chi connectivity index (χ0) is 15.5. The molecule has 0 aliphatic heterocycles. The van der Waals surface area contributed by atoms with Crippen LogP contribution in [0.5, 0.6) is 0 Å². The summed E-state index contributed by atoms with van der Waals surface area (Å²) in [5.74, 6) is -0.133. The fourth-order valence-electron chi connectivity index (χ4n) is 2.51. The molecule has 0 fully saturated rings. The van der Waals surface area contributed by atoms with Crippen molar-refractivity contribution in [1.82, 2.24) is 9.97 Å². The Balaban J connectivity index is 2.06. The second-order valence-corrected chi connectivity index (χ2v) is 5.09. The highest BCUT2D eigenvalue weighted by atomic mass is 16.2. The van der Waals surface area contributed by atoms with Gasteiger partial charge in [0.2, 0.25) is 0 Å². The SMILES string of the molecule is CCN(C(=O)c1cnc(C)cn1)c1cccc2ccccc12. The molecule has 1 amide bonds. The van der Waals surface area contributed by atoms with E-state index < -0.39 is 0 Å². The van der Waals surface area contributed by atoms with Gasteiger partial charge in [-0.25, -0.2) is 4.98 Å². The molecule has 1 heterocycles. The molecule has 0 bridgehead atoms. The zero-order valence-electron chi connectivity index (χ0n) is 12.7. The topological polar surface area (TPSA) is 46.1 Å². The monoisotopic (exact) mass is 291 g/mol. The van der Waals surface area contributed by atoms with Gasteiger partial charge in [-0.1, -0.05) is 36.4 Å². The summed E-state index contributed by atoms with van der Waals surface area (Å²) in [4.78, 5) is 22.9. The minimum absolute atomic E-state index is 0.133. The summed E-state index contributed by atoms with van der Waals surface area (Å²) in [7, 11) is 0. The van der Waals surface area contributed by atoms with Crippen molar-refractivity contribution >= 4 is 22.4 Å². The molecule has 0 aliphatic rings. The Labute approximate surface area is 129 Å². The number of aryl methyl sites for hydroxylation is 1. The van der Waals surface area contributed by atoms with Crippen LogP contribution in [0, 0.1) is 6.92 Å². The molecule has 0 N–H and O–H groups in total. The normalized spacial score (nSPS) is 10.6. The number of fused-ring (bicyclic) bond motifs is 1. The van der Waals surface area contributed by atoms with E-state index >= 15 is 0 Å². The molecule has 3 aromatic rings. The molecule has 0 saturated heterocycles. The van der Waals surface area contributed by atoms with Gasteiger partial charge in [0.05, 0.1) is 17.6 Å². The van der Waals surface area contributed by atoms with Crippen molar-refractivity contribution in [3.63, 3.8) is 0 Å². The molecule has 0 spiro atoms. The van der Waals surface area contributed by atoms with Crippen LogP contribution >= 0.6 is 0 Å². The van der Waals surface area contributed by atoms with Crippen LogP contribution in [-0.4, -0.2) is 22.4 Å². The van der Waals surface area contributed by atoms with Gasteiger partial charge in [0.15, 0.2) is 0 Å². The van der Waals surface area contributed by atoms with E-state index in [4.69, 9.17) is 0 Å². The summed E-state index contributed by atoms with van der Waals surface area (Å²) >= 11 is 0. The number of amides is 1. The second kappa shape index (κ2) is 5.93. The fraction of sp³-hybridized carbons (Fsp3) is 0.167. The molecule has 4 heteroatoms. The number of carbonyl (C=O) groups is 1. The van der Waals surface area contributed by atoms with Crippen LogP contribution < -0.4 is 4.90 Å². The number of nitrogens with zero attached hydrogens (tertiary/aromatic N) is 3. The quantitative estimate of drug-likeness (QED) is 0.740. The van der Waals surface area contributed by atoms with Crippen molar-refractivity contribution in [2.24, 2.45) is 0 Å². The van der Waals surface area contributed by atoms with Crippen molar-refractivity contribution in [1.29, 1.82) is 0 Å². The van der Waals surface area contributed by atoms with Crippen molar-refractivity contribution in [3.8, 4) is 0 Å². The molecular weight excluding hydrogens is 274 g/mol. The smallest absolute Gasteiger partial charge is 0.278 e. The van der Waals surface area contributed by atoms with E-state index in [2.05, 4.69) is 9.97 Å². The third-order valence-corrected chi connectivity index (χ3v) is 3.62. The molecule has 0 radical (unpaired) electrons. The summed E-state index contributed by atoms with van der Waals surface area (Å²) in [6, 6.07) is 14.0. The van der Waals surface area contributed by atoms with E-state index in [0.717, 1.165) is 22.2 Å². The van der Waals surface area contributed by atoms with Gasteiger partial charge in [-0.15, -0.1) is 0 Å².